The number of pyridine rings is 3. The van der Waals surface area contributed by atoms with Crippen molar-refractivity contribution in [2.24, 2.45) is 0 Å². The molecule has 8 heteroatoms. The Bertz CT molecular complexity index is 1660. The Labute approximate surface area is 227 Å². The summed E-state index contributed by atoms with van der Waals surface area (Å²) in [5, 5.41) is 1.08. The molecule has 0 unspecified atom stereocenters. The van der Waals surface area contributed by atoms with Gasteiger partial charge in [-0.2, -0.15) is 0 Å². The SMILES string of the molecule is CC(C)(C)OC(=O)N1CCC[C@H]1COc1cnccc1-c1[nH]c2cccnc2c1-c1ccc2cccnc2c1. The van der Waals surface area contributed by atoms with E-state index in [9.17, 15) is 4.79 Å². The van der Waals surface area contributed by atoms with Crippen LogP contribution in [0.5, 0.6) is 5.75 Å². The molecule has 0 bridgehead atoms. The number of aromatic nitrogens is 4. The van der Waals surface area contributed by atoms with Crippen molar-refractivity contribution in [3.8, 4) is 28.1 Å². The molecule has 1 saturated heterocycles. The largest absolute Gasteiger partial charge is 0.489 e. The zero-order chi connectivity index (χ0) is 27.0. The molecule has 6 rings (SSSR count). The number of nitrogens with zero attached hydrogens (tertiary/aromatic N) is 4. The fourth-order valence-corrected chi connectivity index (χ4v) is 5.18. The number of ether oxygens (including phenoxy) is 2. The molecule has 5 aromatic rings. The maximum Gasteiger partial charge on any atom is 0.410 e. The fraction of sp³-hybridized carbons (Fsp3) is 0.290. The molecule has 1 fully saturated rings. The Kier molecular flexibility index (Phi) is 6.38. The quantitative estimate of drug-likeness (QED) is 0.279. The second-order valence-electron chi connectivity index (χ2n) is 10.8. The highest BCUT2D eigenvalue weighted by molar-refractivity contribution is 6.03. The zero-order valence-electron chi connectivity index (χ0n) is 22.3. The molecule has 1 aliphatic heterocycles. The number of fused-ring (bicyclic) bond motifs is 2. The summed E-state index contributed by atoms with van der Waals surface area (Å²) in [7, 11) is 0. The van der Waals surface area contributed by atoms with Crippen LogP contribution in [0, 0.1) is 0 Å². The third-order valence-corrected chi connectivity index (χ3v) is 6.94. The Morgan fingerprint density at radius 2 is 1.92 bits per heavy atom. The summed E-state index contributed by atoms with van der Waals surface area (Å²) < 4.78 is 12.0. The normalized spacial score (nSPS) is 15.7. The van der Waals surface area contributed by atoms with Crippen LogP contribution in [0.25, 0.3) is 44.3 Å². The molecule has 0 radical (unpaired) electrons. The van der Waals surface area contributed by atoms with Gasteiger partial charge in [-0.1, -0.05) is 18.2 Å². The van der Waals surface area contributed by atoms with Crippen molar-refractivity contribution in [2.75, 3.05) is 13.2 Å². The summed E-state index contributed by atoms with van der Waals surface area (Å²) in [6.45, 7) is 6.66. The standard InChI is InChI=1S/C31H31N5O3/c1-31(2,3)39-30(37)36-16-6-8-22(36)19-38-26-18-32-15-12-23(26)28-27(29-24(35-28)9-5-14-34-29)21-11-10-20-7-4-13-33-25(20)17-21/h4-5,7,9-15,17-18,22,35H,6,8,16,19H2,1-3H3/t22-/m0/s1. The lowest BCUT2D eigenvalue weighted by atomic mass is 9.99. The molecule has 5 heterocycles. The molecule has 8 nitrogen and oxygen atoms in total. The number of benzene rings is 1. The van der Waals surface area contributed by atoms with Gasteiger partial charge >= 0.3 is 6.09 Å². The van der Waals surface area contributed by atoms with Gasteiger partial charge in [-0.05, 0) is 69.5 Å². The first kappa shape index (κ1) is 24.9. The van der Waals surface area contributed by atoms with Crippen LogP contribution in [-0.2, 0) is 4.74 Å². The van der Waals surface area contributed by atoms with E-state index < -0.39 is 5.60 Å². The van der Waals surface area contributed by atoms with Crippen LogP contribution in [0.3, 0.4) is 0 Å². The van der Waals surface area contributed by atoms with Gasteiger partial charge < -0.3 is 19.4 Å². The monoisotopic (exact) mass is 521 g/mol. The van der Waals surface area contributed by atoms with Gasteiger partial charge in [0, 0.05) is 41.6 Å². The van der Waals surface area contributed by atoms with Gasteiger partial charge in [0.15, 0.2) is 0 Å². The van der Waals surface area contributed by atoms with Gasteiger partial charge in [0.05, 0.1) is 34.5 Å². The van der Waals surface area contributed by atoms with Crippen molar-refractivity contribution < 1.29 is 14.3 Å². The molecule has 0 spiro atoms. The molecular weight excluding hydrogens is 490 g/mol. The van der Waals surface area contributed by atoms with Crippen LogP contribution in [0.15, 0.2) is 73.3 Å². The summed E-state index contributed by atoms with van der Waals surface area (Å²) in [5.41, 5.74) is 5.94. The van der Waals surface area contributed by atoms with E-state index >= 15 is 0 Å². The van der Waals surface area contributed by atoms with E-state index in [1.165, 1.54) is 0 Å². The summed E-state index contributed by atoms with van der Waals surface area (Å²) in [4.78, 5) is 31.8. The van der Waals surface area contributed by atoms with Crippen molar-refractivity contribution >= 4 is 28.0 Å². The Morgan fingerprint density at radius 3 is 2.79 bits per heavy atom. The number of hydrogen-bond acceptors (Lipinski definition) is 6. The molecule has 1 N–H and O–H groups in total. The third kappa shape index (κ3) is 5.02. The lowest BCUT2D eigenvalue weighted by molar-refractivity contribution is 0.0187. The van der Waals surface area contributed by atoms with Crippen molar-refractivity contribution in [3.63, 3.8) is 0 Å². The van der Waals surface area contributed by atoms with Gasteiger partial charge in [0.25, 0.3) is 0 Å². The smallest absolute Gasteiger partial charge is 0.410 e. The number of amides is 1. The predicted molar refractivity (Wildman–Crippen MR) is 152 cm³/mol. The van der Waals surface area contributed by atoms with E-state index in [1.807, 2.05) is 45.0 Å². The number of likely N-dealkylation sites (tertiary alicyclic amines) is 1. The number of H-pyrrole nitrogens is 1. The minimum absolute atomic E-state index is 0.0664. The van der Waals surface area contributed by atoms with Crippen molar-refractivity contribution in [1.82, 2.24) is 24.8 Å². The molecular formula is C31H31N5O3. The second-order valence-corrected chi connectivity index (χ2v) is 10.8. The Balaban J connectivity index is 1.36. The first-order valence-electron chi connectivity index (χ1n) is 13.3. The number of carbonyl (C=O) groups excluding carboxylic acids is 1. The first-order valence-corrected chi connectivity index (χ1v) is 13.3. The van der Waals surface area contributed by atoms with Crippen LogP contribution in [-0.4, -0.2) is 55.7 Å². The number of nitrogens with one attached hydrogen (secondary N) is 1. The topological polar surface area (TPSA) is 93.2 Å². The summed E-state index contributed by atoms with van der Waals surface area (Å²) in [6.07, 6.45) is 8.58. The zero-order valence-corrected chi connectivity index (χ0v) is 22.3. The van der Waals surface area contributed by atoms with Gasteiger partial charge in [0.1, 0.15) is 18.0 Å². The van der Waals surface area contributed by atoms with Crippen LogP contribution in [0.2, 0.25) is 0 Å². The Morgan fingerprint density at radius 1 is 1.08 bits per heavy atom. The number of aromatic amines is 1. The summed E-state index contributed by atoms with van der Waals surface area (Å²) in [6, 6.07) is 16.1. The lowest BCUT2D eigenvalue weighted by Crippen LogP contribution is -2.42. The van der Waals surface area contributed by atoms with E-state index in [0.29, 0.717) is 18.9 Å². The van der Waals surface area contributed by atoms with Gasteiger partial charge in [-0.3, -0.25) is 15.0 Å². The Hall–Kier alpha value is -4.46. The van der Waals surface area contributed by atoms with Crippen LogP contribution < -0.4 is 4.74 Å². The third-order valence-electron chi connectivity index (χ3n) is 6.94. The van der Waals surface area contributed by atoms with E-state index in [1.54, 1.807) is 29.7 Å². The summed E-state index contributed by atoms with van der Waals surface area (Å²) >= 11 is 0. The van der Waals surface area contributed by atoms with Crippen LogP contribution >= 0.6 is 0 Å². The van der Waals surface area contributed by atoms with E-state index in [2.05, 4.69) is 39.2 Å². The first-order chi connectivity index (χ1) is 18.9. The number of carbonyl (C=O) groups is 1. The second kappa shape index (κ2) is 10.0. The molecule has 0 aliphatic carbocycles. The minimum Gasteiger partial charge on any atom is -0.489 e. The molecule has 1 atom stereocenters. The predicted octanol–water partition coefficient (Wildman–Crippen LogP) is 6.62. The maximum atomic E-state index is 12.8. The number of hydrogen-bond donors (Lipinski definition) is 1. The highest BCUT2D eigenvalue weighted by Gasteiger charge is 2.33. The van der Waals surface area contributed by atoms with E-state index in [0.717, 1.165) is 57.2 Å². The van der Waals surface area contributed by atoms with Crippen molar-refractivity contribution in [2.45, 2.75) is 45.3 Å². The van der Waals surface area contributed by atoms with Gasteiger partial charge in [0.2, 0.25) is 0 Å². The van der Waals surface area contributed by atoms with E-state index in [-0.39, 0.29) is 12.1 Å². The number of rotatable bonds is 5. The van der Waals surface area contributed by atoms with Crippen LogP contribution in [0.4, 0.5) is 4.79 Å². The highest BCUT2D eigenvalue weighted by Crippen LogP contribution is 2.41. The molecule has 198 valence electrons. The van der Waals surface area contributed by atoms with Gasteiger partial charge in [-0.15, -0.1) is 0 Å². The average molecular weight is 522 g/mol. The van der Waals surface area contributed by atoms with Crippen molar-refractivity contribution in [3.05, 3.63) is 73.3 Å². The maximum absolute atomic E-state index is 12.8. The molecule has 4 aromatic heterocycles. The molecule has 1 amide bonds. The molecule has 39 heavy (non-hydrogen) atoms. The molecule has 1 aromatic carbocycles. The minimum atomic E-state index is -0.542. The van der Waals surface area contributed by atoms with Crippen molar-refractivity contribution in [1.29, 1.82) is 0 Å². The summed E-state index contributed by atoms with van der Waals surface area (Å²) in [5.74, 6) is 0.639. The lowest BCUT2D eigenvalue weighted by Gasteiger charge is -2.28. The average Bonchev–Trinajstić information content (AvgIpc) is 3.56. The van der Waals surface area contributed by atoms with Crippen LogP contribution in [0.1, 0.15) is 33.6 Å². The highest BCUT2D eigenvalue weighted by atomic mass is 16.6. The fourth-order valence-electron chi connectivity index (χ4n) is 5.18. The van der Waals surface area contributed by atoms with E-state index in [4.69, 9.17) is 14.5 Å². The molecule has 1 aliphatic rings. The van der Waals surface area contributed by atoms with Gasteiger partial charge in [-0.25, -0.2) is 4.79 Å². The molecule has 0 saturated carbocycles.